The van der Waals surface area contributed by atoms with Crippen LogP contribution in [0.5, 0.6) is 11.5 Å². The number of benzene rings is 2. The van der Waals surface area contributed by atoms with E-state index in [0.717, 1.165) is 29.9 Å². The van der Waals surface area contributed by atoms with Crippen LogP contribution in [0.2, 0.25) is 0 Å². The molecule has 0 aliphatic carbocycles. The van der Waals surface area contributed by atoms with Crippen molar-refractivity contribution in [1.82, 2.24) is 4.90 Å². The molecule has 1 heterocycles. The fourth-order valence-corrected chi connectivity index (χ4v) is 3.29. The van der Waals surface area contributed by atoms with Crippen LogP contribution >= 0.6 is 0 Å². The molecule has 5 nitrogen and oxygen atoms in total. The van der Waals surface area contributed by atoms with E-state index in [1.807, 2.05) is 23.1 Å². The van der Waals surface area contributed by atoms with Crippen LogP contribution in [0, 0.1) is 11.3 Å². The van der Waals surface area contributed by atoms with Crippen molar-refractivity contribution in [2.75, 3.05) is 20.8 Å². The van der Waals surface area contributed by atoms with Crippen molar-refractivity contribution in [2.45, 2.75) is 18.9 Å². The highest BCUT2D eigenvalue weighted by Gasteiger charge is 2.32. The SMILES string of the molecule is COc1ccc(OC)c(C2CCCN2C(=O)c2ccc(C#N)cc2)c1. The molecule has 0 aromatic heterocycles. The van der Waals surface area contributed by atoms with Crippen molar-refractivity contribution in [3.8, 4) is 17.6 Å². The number of carbonyl (C=O) groups is 1. The first kappa shape index (κ1) is 16.8. The third kappa shape index (κ3) is 3.29. The monoisotopic (exact) mass is 336 g/mol. The topological polar surface area (TPSA) is 62.6 Å². The maximum atomic E-state index is 13.0. The van der Waals surface area contributed by atoms with E-state index in [0.29, 0.717) is 17.7 Å². The molecule has 25 heavy (non-hydrogen) atoms. The van der Waals surface area contributed by atoms with Crippen LogP contribution < -0.4 is 9.47 Å². The summed E-state index contributed by atoms with van der Waals surface area (Å²) >= 11 is 0. The molecule has 0 spiro atoms. The fraction of sp³-hybridized carbons (Fsp3) is 0.300. The number of nitrogens with zero attached hydrogens (tertiary/aromatic N) is 2. The number of nitriles is 1. The molecule has 1 atom stereocenters. The van der Waals surface area contributed by atoms with Gasteiger partial charge in [-0.05, 0) is 55.3 Å². The van der Waals surface area contributed by atoms with Crippen molar-refractivity contribution in [2.24, 2.45) is 0 Å². The van der Waals surface area contributed by atoms with E-state index in [4.69, 9.17) is 14.7 Å². The average molecular weight is 336 g/mol. The van der Waals surface area contributed by atoms with Gasteiger partial charge in [-0.2, -0.15) is 5.26 Å². The molecule has 1 aliphatic heterocycles. The van der Waals surface area contributed by atoms with E-state index < -0.39 is 0 Å². The highest BCUT2D eigenvalue weighted by atomic mass is 16.5. The third-order valence-corrected chi connectivity index (χ3v) is 4.57. The second kappa shape index (κ2) is 7.27. The Morgan fingerprint density at radius 1 is 1.16 bits per heavy atom. The Morgan fingerprint density at radius 2 is 1.92 bits per heavy atom. The molecule has 2 aromatic carbocycles. The molecule has 0 radical (unpaired) electrons. The highest BCUT2D eigenvalue weighted by Crippen LogP contribution is 2.39. The van der Waals surface area contributed by atoms with Gasteiger partial charge in [0.1, 0.15) is 11.5 Å². The first-order valence-corrected chi connectivity index (χ1v) is 8.21. The van der Waals surface area contributed by atoms with Crippen molar-refractivity contribution in [1.29, 1.82) is 5.26 Å². The van der Waals surface area contributed by atoms with Gasteiger partial charge in [0.25, 0.3) is 5.91 Å². The van der Waals surface area contributed by atoms with E-state index in [9.17, 15) is 4.79 Å². The number of rotatable bonds is 4. The van der Waals surface area contributed by atoms with Gasteiger partial charge in [-0.3, -0.25) is 4.79 Å². The predicted octanol–water partition coefficient (Wildman–Crippen LogP) is 3.55. The van der Waals surface area contributed by atoms with Crippen LogP contribution in [0.1, 0.15) is 40.4 Å². The van der Waals surface area contributed by atoms with Crippen LogP contribution in [0.25, 0.3) is 0 Å². The number of hydrogen-bond acceptors (Lipinski definition) is 4. The molecule has 1 aliphatic rings. The second-order valence-electron chi connectivity index (χ2n) is 5.95. The molecule has 1 unspecified atom stereocenters. The smallest absolute Gasteiger partial charge is 0.254 e. The summed E-state index contributed by atoms with van der Waals surface area (Å²) in [7, 11) is 3.26. The molecular weight excluding hydrogens is 316 g/mol. The molecule has 2 aromatic rings. The molecule has 3 rings (SSSR count). The van der Waals surface area contributed by atoms with Gasteiger partial charge in [0.2, 0.25) is 0 Å². The summed E-state index contributed by atoms with van der Waals surface area (Å²) in [6.07, 6.45) is 1.82. The number of likely N-dealkylation sites (tertiary alicyclic amines) is 1. The van der Waals surface area contributed by atoms with Crippen LogP contribution in [-0.2, 0) is 0 Å². The van der Waals surface area contributed by atoms with Gasteiger partial charge in [-0.15, -0.1) is 0 Å². The fourth-order valence-electron chi connectivity index (χ4n) is 3.29. The van der Waals surface area contributed by atoms with Crippen LogP contribution in [-0.4, -0.2) is 31.6 Å². The maximum Gasteiger partial charge on any atom is 0.254 e. The summed E-state index contributed by atoms with van der Waals surface area (Å²) in [4.78, 5) is 14.8. The minimum Gasteiger partial charge on any atom is -0.497 e. The van der Waals surface area contributed by atoms with E-state index in [1.54, 1.807) is 38.5 Å². The Kier molecular flexibility index (Phi) is 4.90. The Bertz CT molecular complexity index is 809. The molecular formula is C20H20N2O3. The molecule has 128 valence electrons. The minimum atomic E-state index is -0.0480. The summed E-state index contributed by atoms with van der Waals surface area (Å²) in [5.74, 6) is 1.47. The number of methoxy groups -OCH3 is 2. The molecule has 1 amide bonds. The first-order chi connectivity index (χ1) is 12.2. The Balaban J connectivity index is 1.92. The molecule has 0 saturated carbocycles. The van der Waals surface area contributed by atoms with Crippen molar-refractivity contribution < 1.29 is 14.3 Å². The van der Waals surface area contributed by atoms with Crippen molar-refractivity contribution >= 4 is 5.91 Å². The standard InChI is InChI=1S/C20H20N2O3/c1-24-16-9-10-19(25-2)17(12-16)18-4-3-11-22(18)20(23)15-7-5-14(13-21)6-8-15/h5-10,12,18H,3-4,11H2,1-2H3. The Hall–Kier alpha value is -3.00. The summed E-state index contributed by atoms with van der Waals surface area (Å²) in [5, 5.41) is 8.91. The van der Waals surface area contributed by atoms with E-state index in [-0.39, 0.29) is 11.9 Å². The third-order valence-electron chi connectivity index (χ3n) is 4.57. The van der Waals surface area contributed by atoms with E-state index >= 15 is 0 Å². The summed E-state index contributed by atoms with van der Waals surface area (Å²) < 4.78 is 10.8. The molecule has 5 heteroatoms. The normalized spacial score (nSPS) is 16.4. The van der Waals surface area contributed by atoms with Gasteiger partial charge in [0.15, 0.2) is 0 Å². The number of amides is 1. The van der Waals surface area contributed by atoms with Gasteiger partial charge in [0.05, 0.1) is 31.9 Å². The first-order valence-electron chi connectivity index (χ1n) is 8.21. The van der Waals surface area contributed by atoms with Gasteiger partial charge in [-0.25, -0.2) is 0 Å². The molecule has 1 saturated heterocycles. The van der Waals surface area contributed by atoms with Crippen LogP contribution in [0.3, 0.4) is 0 Å². The number of carbonyl (C=O) groups excluding carboxylic acids is 1. The average Bonchev–Trinajstić information content (AvgIpc) is 3.16. The lowest BCUT2D eigenvalue weighted by molar-refractivity contribution is 0.0734. The zero-order valence-corrected chi connectivity index (χ0v) is 14.4. The van der Waals surface area contributed by atoms with Crippen LogP contribution in [0.4, 0.5) is 0 Å². The molecule has 0 bridgehead atoms. The van der Waals surface area contributed by atoms with Crippen LogP contribution in [0.15, 0.2) is 42.5 Å². The van der Waals surface area contributed by atoms with E-state index in [1.165, 1.54) is 0 Å². The number of ether oxygens (including phenoxy) is 2. The lowest BCUT2D eigenvalue weighted by Crippen LogP contribution is -2.30. The van der Waals surface area contributed by atoms with Gasteiger partial charge in [0, 0.05) is 17.7 Å². The predicted molar refractivity (Wildman–Crippen MR) is 93.7 cm³/mol. The maximum absolute atomic E-state index is 13.0. The second-order valence-corrected chi connectivity index (χ2v) is 5.95. The summed E-state index contributed by atoms with van der Waals surface area (Å²) in [6, 6.07) is 14.4. The Morgan fingerprint density at radius 3 is 2.56 bits per heavy atom. The molecule has 0 N–H and O–H groups in total. The molecule has 1 fully saturated rings. The minimum absolute atomic E-state index is 0.0307. The van der Waals surface area contributed by atoms with Gasteiger partial charge < -0.3 is 14.4 Å². The Labute approximate surface area is 147 Å². The quantitative estimate of drug-likeness (QED) is 0.856. The van der Waals surface area contributed by atoms with Crippen molar-refractivity contribution in [3.05, 3.63) is 59.2 Å². The number of hydrogen-bond donors (Lipinski definition) is 0. The zero-order valence-electron chi connectivity index (χ0n) is 14.4. The summed E-state index contributed by atoms with van der Waals surface area (Å²) in [5.41, 5.74) is 2.10. The lowest BCUT2D eigenvalue weighted by atomic mass is 10.0. The highest BCUT2D eigenvalue weighted by molar-refractivity contribution is 5.94. The van der Waals surface area contributed by atoms with Gasteiger partial charge >= 0.3 is 0 Å². The van der Waals surface area contributed by atoms with Crippen molar-refractivity contribution in [3.63, 3.8) is 0 Å². The van der Waals surface area contributed by atoms with Gasteiger partial charge in [-0.1, -0.05) is 0 Å². The zero-order chi connectivity index (χ0) is 17.8. The van der Waals surface area contributed by atoms with E-state index in [2.05, 4.69) is 6.07 Å². The lowest BCUT2D eigenvalue weighted by Gasteiger charge is -2.26. The largest absolute Gasteiger partial charge is 0.497 e. The summed E-state index contributed by atoms with van der Waals surface area (Å²) in [6.45, 7) is 0.698.